The highest BCUT2D eigenvalue weighted by atomic mass is 19.4. The standard InChI is InChI=1S/C19H26F3N3O4.2C2H6/c1-4-12-7-14(26)10-15(8-12)29-17-11(2)25(28-3)18(27)24(17)16-9-13(5-6-23-16)19(20,21)22;2*1-2/h5-6,9,11-12,14-15,17,26H,4,7-8,10H2,1-3H3;2*1-2H3/t11-,12?,14?,15?,17?;;/m0../s1. The summed E-state index contributed by atoms with van der Waals surface area (Å²) < 4.78 is 45.6. The Morgan fingerprint density at radius 2 is 1.82 bits per heavy atom. The van der Waals surface area contributed by atoms with Crippen LogP contribution in [0.4, 0.5) is 23.8 Å². The maximum Gasteiger partial charge on any atom is 0.416 e. The van der Waals surface area contributed by atoms with E-state index in [1.807, 2.05) is 34.6 Å². The van der Waals surface area contributed by atoms with Crippen molar-refractivity contribution < 1.29 is 32.6 Å². The molecule has 0 spiro atoms. The van der Waals surface area contributed by atoms with Crippen molar-refractivity contribution in [3.8, 4) is 0 Å². The topological polar surface area (TPSA) is 75.1 Å². The van der Waals surface area contributed by atoms with Crippen LogP contribution in [0.1, 0.15) is 72.8 Å². The lowest BCUT2D eigenvalue weighted by Crippen LogP contribution is -2.44. The fraction of sp³-hybridized carbons (Fsp3) is 0.739. The number of aliphatic hydroxyl groups excluding tert-OH is 1. The Bertz CT molecular complexity index is 735. The van der Waals surface area contributed by atoms with Gasteiger partial charge in [-0.3, -0.25) is 4.84 Å². The normalized spacial score (nSPS) is 27.5. The first-order valence-electron chi connectivity index (χ1n) is 11.7. The number of hydrogen-bond donors (Lipinski definition) is 1. The van der Waals surface area contributed by atoms with E-state index in [0.717, 1.165) is 34.7 Å². The molecule has 1 aromatic rings. The fourth-order valence-electron chi connectivity index (χ4n) is 4.08. The Morgan fingerprint density at radius 1 is 1.18 bits per heavy atom. The molecule has 4 unspecified atom stereocenters. The summed E-state index contributed by atoms with van der Waals surface area (Å²) in [6.45, 7) is 11.7. The van der Waals surface area contributed by atoms with E-state index < -0.39 is 36.1 Å². The number of halogens is 3. The number of alkyl halides is 3. The quantitative estimate of drug-likeness (QED) is 0.595. The van der Waals surface area contributed by atoms with Gasteiger partial charge >= 0.3 is 12.2 Å². The molecule has 2 heterocycles. The molecule has 1 saturated heterocycles. The van der Waals surface area contributed by atoms with Crippen LogP contribution < -0.4 is 4.90 Å². The van der Waals surface area contributed by atoms with Gasteiger partial charge in [0, 0.05) is 6.20 Å². The fourth-order valence-corrected chi connectivity index (χ4v) is 4.08. The number of hydroxylamine groups is 2. The Morgan fingerprint density at radius 3 is 2.36 bits per heavy atom. The first-order valence-corrected chi connectivity index (χ1v) is 11.7. The molecule has 1 aliphatic carbocycles. The third-order valence-electron chi connectivity index (χ3n) is 5.59. The molecule has 10 heteroatoms. The summed E-state index contributed by atoms with van der Waals surface area (Å²) in [7, 11) is 1.31. The average molecular weight is 478 g/mol. The molecule has 2 aliphatic rings. The minimum Gasteiger partial charge on any atom is -0.393 e. The van der Waals surface area contributed by atoms with Gasteiger partial charge in [0.1, 0.15) is 11.9 Å². The van der Waals surface area contributed by atoms with Crippen LogP contribution in [0, 0.1) is 5.92 Å². The number of hydrogen-bond acceptors (Lipinski definition) is 5. The number of aliphatic hydroxyl groups is 1. The first kappa shape index (κ1) is 29.1. The second kappa shape index (κ2) is 13.1. The summed E-state index contributed by atoms with van der Waals surface area (Å²) in [5, 5.41) is 11.2. The van der Waals surface area contributed by atoms with E-state index in [9.17, 15) is 23.1 Å². The van der Waals surface area contributed by atoms with E-state index in [1.54, 1.807) is 6.92 Å². The van der Waals surface area contributed by atoms with E-state index in [-0.39, 0.29) is 17.8 Å². The van der Waals surface area contributed by atoms with Crippen LogP contribution in [-0.2, 0) is 15.8 Å². The van der Waals surface area contributed by atoms with E-state index in [1.165, 1.54) is 7.11 Å². The smallest absolute Gasteiger partial charge is 0.393 e. The third-order valence-corrected chi connectivity index (χ3v) is 5.59. The molecular formula is C23H38F3N3O4. The van der Waals surface area contributed by atoms with E-state index >= 15 is 0 Å². The Kier molecular flexibility index (Phi) is 11.6. The lowest BCUT2D eigenvalue weighted by molar-refractivity contribution is -0.138. The molecule has 0 aromatic carbocycles. The van der Waals surface area contributed by atoms with Gasteiger partial charge in [0.2, 0.25) is 0 Å². The van der Waals surface area contributed by atoms with Crippen LogP contribution in [0.25, 0.3) is 0 Å². The molecule has 1 aliphatic heterocycles. The van der Waals surface area contributed by atoms with Gasteiger partial charge in [-0.25, -0.2) is 14.7 Å². The monoisotopic (exact) mass is 477 g/mol. The summed E-state index contributed by atoms with van der Waals surface area (Å²) in [6.07, 6.45) is -2.58. The summed E-state index contributed by atoms with van der Waals surface area (Å²) in [5.74, 6) is 0.124. The summed E-state index contributed by atoms with van der Waals surface area (Å²) >= 11 is 0. The molecule has 2 amide bonds. The summed E-state index contributed by atoms with van der Waals surface area (Å²) in [5.41, 5.74) is -0.906. The Balaban J connectivity index is 0.00000129. The predicted molar refractivity (Wildman–Crippen MR) is 120 cm³/mol. The zero-order valence-corrected chi connectivity index (χ0v) is 20.6. The van der Waals surface area contributed by atoms with Crippen LogP contribution >= 0.6 is 0 Å². The predicted octanol–water partition coefficient (Wildman–Crippen LogP) is 5.63. The number of ether oxygens (including phenoxy) is 1. The zero-order valence-electron chi connectivity index (χ0n) is 20.6. The van der Waals surface area contributed by atoms with Crippen molar-refractivity contribution in [3.05, 3.63) is 23.9 Å². The van der Waals surface area contributed by atoms with Crippen molar-refractivity contribution >= 4 is 11.8 Å². The molecule has 1 aromatic heterocycles. The Labute approximate surface area is 194 Å². The number of pyridine rings is 1. The Hall–Kier alpha value is -1.91. The number of urea groups is 1. The molecule has 7 nitrogen and oxygen atoms in total. The van der Waals surface area contributed by atoms with Crippen molar-refractivity contribution in [1.29, 1.82) is 0 Å². The molecule has 190 valence electrons. The van der Waals surface area contributed by atoms with Crippen molar-refractivity contribution in [1.82, 2.24) is 10.0 Å². The number of rotatable bonds is 5. The van der Waals surface area contributed by atoms with Gasteiger partial charge in [-0.2, -0.15) is 18.2 Å². The number of carbonyl (C=O) groups excluding carboxylic acids is 1. The largest absolute Gasteiger partial charge is 0.416 e. The van der Waals surface area contributed by atoms with E-state index in [2.05, 4.69) is 4.98 Å². The highest BCUT2D eigenvalue weighted by Gasteiger charge is 2.48. The van der Waals surface area contributed by atoms with Crippen molar-refractivity contribution in [3.63, 3.8) is 0 Å². The number of anilines is 1. The SMILES string of the molecule is CC.CC.CCC1CC(O)CC(OC2[C@H](C)N(OC)C(=O)N2c2cc(C(F)(F)F)ccn2)C1. The maximum absolute atomic E-state index is 13.1. The van der Waals surface area contributed by atoms with Gasteiger partial charge in [-0.1, -0.05) is 41.0 Å². The number of nitrogens with zero attached hydrogens (tertiary/aromatic N) is 3. The molecular weight excluding hydrogens is 439 g/mol. The molecule has 1 saturated carbocycles. The highest BCUT2D eigenvalue weighted by Crippen LogP contribution is 2.36. The van der Waals surface area contributed by atoms with Gasteiger partial charge in [0.25, 0.3) is 0 Å². The molecule has 1 N–H and O–H groups in total. The second-order valence-corrected chi connectivity index (χ2v) is 7.59. The third kappa shape index (κ3) is 7.04. The van der Waals surface area contributed by atoms with Crippen LogP contribution in [0.5, 0.6) is 0 Å². The number of carbonyl (C=O) groups is 1. The van der Waals surface area contributed by atoms with Gasteiger partial charge in [0.05, 0.1) is 24.9 Å². The van der Waals surface area contributed by atoms with Gasteiger partial charge < -0.3 is 9.84 Å². The number of amides is 2. The zero-order chi connectivity index (χ0) is 25.3. The average Bonchev–Trinajstić information content (AvgIpc) is 3.04. The minimum atomic E-state index is -4.56. The van der Waals surface area contributed by atoms with E-state index in [0.29, 0.717) is 19.3 Å². The van der Waals surface area contributed by atoms with Crippen LogP contribution in [0.2, 0.25) is 0 Å². The molecule has 5 atom stereocenters. The van der Waals surface area contributed by atoms with Crippen LogP contribution in [0.3, 0.4) is 0 Å². The maximum atomic E-state index is 13.1. The van der Waals surface area contributed by atoms with Gasteiger partial charge in [-0.15, -0.1) is 0 Å². The van der Waals surface area contributed by atoms with Crippen molar-refractivity contribution in [2.24, 2.45) is 5.92 Å². The molecule has 0 bridgehead atoms. The van der Waals surface area contributed by atoms with Crippen LogP contribution in [0.15, 0.2) is 18.3 Å². The number of aromatic nitrogens is 1. The lowest BCUT2D eigenvalue weighted by atomic mass is 9.84. The van der Waals surface area contributed by atoms with Crippen molar-refractivity contribution in [2.75, 3.05) is 12.0 Å². The summed E-state index contributed by atoms with van der Waals surface area (Å²) in [4.78, 5) is 23.0. The highest BCUT2D eigenvalue weighted by molar-refractivity contribution is 5.93. The van der Waals surface area contributed by atoms with Gasteiger partial charge in [0.15, 0.2) is 6.23 Å². The first-order chi connectivity index (χ1) is 15.7. The lowest BCUT2D eigenvalue weighted by Gasteiger charge is -2.35. The molecule has 2 fully saturated rings. The van der Waals surface area contributed by atoms with E-state index in [4.69, 9.17) is 9.57 Å². The van der Waals surface area contributed by atoms with Crippen LogP contribution in [-0.4, -0.2) is 52.8 Å². The molecule has 33 heavy (non-hydrogen) atoms. The minimum absolute atomic E-state index is 0.162. The molecule has 3 rings (SSSR count). The van der Waals surface area contributed by atoms with Gasteiger partial charge in [-0.05, 0) is 44.2 Å². The van der Waals surface area contributed by atoms with Crippen molar-refractivity contribution in [2.45, 2.75) is 97.9 Å². The molecule has 0 radical (unpaired) electrons. The summed E-state index contributed by atoms with van der Waals surface area (Å²) in [6, 6.07) is 0.439. The second-order valence-electron chi connectivity index (χ2n) is 7.59.